The lowest BCUT2D eigenvalue weighted by Gasteiger charge is -2.23. The highest BCUT2D eigenvalue weighted by molar-refractivity contribution is 7.72. The van der Waals surface area contributed by atoms with Crippen molar-refractivity contribution in [1.82, 2.24) is 9.24 Å². The van der Waals surface area contributed by atoms with Gasteiger partial charge >= 0.3 is 31.8 Å². The molecule has 0 amide bonds. The first kappa shape index (κ1) is 23.4. The zero-order valence-corrected chi connectivity index (χ0v) is 16.3. The summed E-state index contributed by atoms with van der Waals surface area (Å²) in [5.74, 6) is 0. The van der Waals surface area contributed by atoms with E-state index < -0.39 is 50.8 Å². The molecule has 1 fully saturated rings. The SMILES string of the molecule is Cc1cn([C@H]2CC[C@@H](COP(=O)(O)C(F)(F)P(=O)(O)O)O2)c(=O)n(N=[N+]=[N-])c1=O. The summed E-state index contributed by atoms with van der Waals surface area (Å²) >= 11 is 0. The first-order chi connectivity index (χ1) is 13.2. The molecule has 1 unspecified atom stereocenters. The van der Waals surface area contributed by atoms with Crippen molar-refractivity contribution in [2.24, 2.45) is 5.22 Å². The van der Waals surface area contributed by atoms with Gasteiger partial charge in [-0.15, -0.1) is 5.53 Å². The Bertz CT molecular complexity index is 1060. The molecule has 14 nitrogen and oxygen atoms in total. The lowest BCUT2D eigenvalue weighted by atomic mass is 10.2. The van der Waals surface area contributed by atoms with Crippen molar-refractivity contribution in [3.05, 3.63) is 43.0 Å². The minimum absolute atomic E-state index is 0.0291. The standard InChI is InChI=1S/C11H15F2N5O9P2/c1-6-4-17(10(20)18(9(6)19)16-15-14)8-3-2-7(27-8)5-26-29(24,25)11(12,13)28(21,22)23/h4,7-8H,2-3,5H2,1H3,(H,24,25)(H2,21,22,23)/t7-,8+/m0/s1. The number of ether oxygens (including phenoxy) is 1. The van der Waals surface area contributed by atoms with Gasteiger partial charge in [0.1, 0.15) is 6.23 Å². The predicted octanol–water partition coefficient (Wildman–Crippen LogP) is 0.999. The first-order valence-electron chi connectivity index (χ1n) is 7.69. The van der Waals surface area contributed by atoms with Crippen molar-refractivity contribution in [2.75, 3.05) is 6.61 Å². The number of aromatic nitrogens is 2. The molecule has 3 N–H and O–H groups in total. The highest BCUT2D eigenvalue weighted by Crippen LogP contribution is 2.73. The van der Waals surface area contributed by atoms with Gasteiger partial charge in [0.25, 0.3) is 0 Å². The minimum Gasteiger partial charge on any atom is -0.352 e. The van der Waals surface area contributed by atoms with Crippen molar-refractivity contribution < 1.29 is 41.9 Å². The highest BCUT2D eigenvalue weighted by Gasteiger charge is 2.65. The van der Waals surface area contributed by atoms with Crippen LogP contribution in [0.2, 0.25) is 0 Å². The van der Waals surface area contributed by atoms with Crippen molar-refractivity contribution in [3.8, 4) is 0 Å². The van der Waals surface area contributed by atoms with E-state index in [1.165, 1.54) is 6.92 Å². The summed E-state index contributed by atoms with van der Waals surface area (Å²) < 4.78 is 59.8. The number of alkyl halides is 2. The first-order valence-corrected chi connectivity index (χ1v) is 10.9. The van der Waals surface area contributed by atoms with Crippen LogP contribution >= 0.6 is 15.2 Å². The fraction of sp³-hybridized carbons (Fsp3) is 0.636. The molecule has 29 heavy (non-hydrogen) atoms. The molecule has 162 valence electrons. The average Bonchev–Trinajstić information content (AvgIpc) is 3.08. The summed E-state index contributed by atoms with van der Waals surface area (Å²) in [6.45, 7) is 0.410. The Morgan fingerprint density at radius 2 is 2.00 bits per heavy atom. The summed E-state index contributed by atoms with van der Waals surface area (Å²) in [6, 6.07) is 0. The van der Waals surface area contributed by atoms with E-state index in [2.05, 4.69) is 14.7 Å². The zero-order valence-electron chi connectivity index (χ0n) is 14.5. The Balaban J connectivity index is 2.17. The Morgan fingerprint density at radius 3 is 2.55 bits per heavy atom. The van der Waals surface area contributed by atoms with Crippen LogP contribution in [0.1, 0.15) is 24.6 Å². The molecule has 2 heterocycles. The van der Waals surface area contributed by atoms with Gasteiger partial charge in [0.2, 0.25) is 0 Å². The normalized spacial score (nSPS) is 22.1. The fourth-order valence-electron chi connectivity index (χ4n) is 2.45. The molecule has 0 aliphatic carbocycles. The zero-order chi connectivity index (χ0) is 22.2. The molecule has 1 saturated heterocycles. The third-order valence-electron chi connectivity index (χ3n) is 3.92. The van der Waals surface area contributed by atoms with E-state index in [4.69, 9.17) is 20.1 Å². The molecule has 18 heteroatoms. The van der Waals surface area contributed by atoms with Gasteiger partial charge in [0.15, 0.2) is 0 Å². The lowest BCUT2D eigenvalue weighted by Crippen LogP contribution is -2.40. The second kappa shape index (κ2) is 8.09. The number of azide groups is 1. The number of rotatable bonds is 7. The third kappa shape index (κ3) is 4.49. The highest BCUT2D eigenvalue weighted by atomic mass is 31.2. The van der Waals surface area contributed by atoms with Gasteiger partial charge in [0.05, 0.1) is 18.3 Å². The van der Waals surface area contributed by atoms with Gasteiger partial charge in [-0.1, -0.05) is 4.68 Å². The third-order valence-corrected chi connectivity index (χ3v) is 7.33. The van der Waals surface area contributed by atoms with Gasteiger partial charge in [0, 0.05) is 6.20 Å². The van der Waals surface area contributed by atoms with Crippen LogP contribution < -0.4 is 11.2 Å². The molecule has 2 rings (SSSR count). The summed E-state index contributed by atoms with van der Waals surface area (Å²) in [6.07, 6.45) is -0.859. The van der Waals surface area contributed by atoms with Crippen LogP contribution in [-0.2, 0) is 18.4 Å². The quantitative estimate of drug-likeness (QED) is 0.229. The van der Waals surface area contributed by atoms with E-state index in [1.54, 1.807) is 0 Å². The molecule has 0 radical (unpaired) electrons. The minimum atomic E-state index is -6.27. The van der Waals surface area contributed by atoms with Crippen molar-refractivity contribution in [2.45, 2.75) is 37.5 Å². The van der Waals surface area contributed by atoms with Crippen LogP contribution in [0.25, 0.3) is 10.4 Å². The molecule has 3 atom stereocenters. The van der Waals surface area contributed by atoms with Gasteiger partial charge < -0.3 is 23.9 Å². The van der Waals surface area contributed by atoms with E-state index in [0.29, 0.717) is 0 Å². The van der Waals surface area contributed by atoms with Gasteiger partial charge in [-0.3, -0.25) is 13.7 Å². The van der Waals surface area contributed by atoms with Crippen LogP contribution in [0.4, 0.5) is 8.78 Å². The van der Waals surface area contributed by atoms with Crippen molar-refractivity contribution in [3.63, 3.8) is 0 Å². The maximum atomic E-state index is 13.4. The Hall–Kier alpha value is -1.89. The van der Waals surface area contributed by atoms with E-state index >= 15 is 0 Å². The van der Waals surface area contributed by atoms with E-state index in [1.807, 2.05) is 0 Å². The Labute approximate surface area is 159 Å². The molecular weight excluding hydrogens is 446 g/mol. The van der Waals surface area contributed by atoms with Gasteiger partial charge in [-0.05, 0) is 25.0 Å². The number of aryl methyl sites for hydroxylation is 1. The topological polar surface area (TPSA) is 206 Å². The summed E-state index contributed by atoms with van der Waals surface area (Å²) in [5, 5.41) is -2.33. The number of nitrogens with zero attached hydrogens (tertiary/aromatic N) is 5. The van der Waals surface area contributed by atoms with Crippen LogP contribution in [0.3, 0.4) is 0 Å². The molecule has 1 aliphatic heterocycles. The molecule has 0 aromatic carbocycles. The molecule has 0 bridgehead atoms. The second-order valence-electron chi connectivity index (χ2n) is 5.96. The molecule has 1 aromatic heterocycles. The van der Waals surface area contributed by atoms with Crippen LogP contribution in [0.5, 0.6) is 0 Å². The molecular formula is C11H15F2N5O9P2. The average molecular weight is 461 g/mol. The monoisotopic (exact) mass is 461 g/mol. The number of hydrogen-bond acceptors (Lipinski definition) is 7. The van der Waals surface area contributed by atoms with Crippen LogP contribution in [0, 0.1) is 6.92 Å². The van der Waals surface area contributed by atoms with Crippen LogP contribution in [-0.4, -0.2) is 42.0 Å². The fourth-order valence-corrected chi connectivity index (χ4v) is 4.46. The van der Waals surface area contributed by atoms with Gasteiger partial charge in [-0.2, -0.15) is 13.7 Å². The molecule has 1 aliphatic rings. The number of halogens is 2. The van der Waals surface area contributed by atoms with Crippen molar-refractivity contribution in [1.29, 1.82) is 0 Å². The predicted molar refractivity (Wildman–Crippen MR) is 90.2 cm³/mol. The van der Waals surface area contributed by atoms with Gasteiger partial charge in [-0.25, -0.2) is 9.59 Å². The Kier molecular flexibility index (Phi) is 6.52. The van der Waals surface area contributed by atoms with Crippen LogP contribution in [0.15, 0.2) is 21.0 Å². The molecule has 0 saturated carbocycles. The van der Waals surface area contributed by atoms with Crippen molar-refractivity contribution >= 4 is 15.2 Å². The smallest absolute Gasteiger partial charge is 0.352 e. The molecule has 0 spiro atoms. The van der Waals surface area contributed by atoms with E-state index in [9.17, 15) is 32.4 Å². The van der Waals surface area contributed by atoms with E-state index in [0.717, 1.165) is 10.8 Å². The summed E-state index contributed by atoms with van der Waals surface area (Å²) in [5.41, 5.74) is 6.60. The maximum absolute atomic E-state index is 13.4. The molecule has 1 aromatic rings. The summed E-state index contributed by atoms with van der Waals surface area (Å²) in [7, 11) is -12.3. The largest absolute Gasteiger partial charge is 0.443 e. The Morgan fingerprint density at radius 1 is 1.38 bits per heavy atom. The number of hydrogen-bond donors (Lipinski definition) is 3. The maximum Gasteiger partial charge on any atom is 0.443 e. The summed E-state index contributed by atoms with van der Waals surface area (Å²) in [4.78, 5) is 52.7. The van der Waals surface area contributed by atoms with E-state index in [-0.39, 0.29) is 23.1 Å². The second-order valence-corrected chi connectivity index (χ2v) is 9.82. The lowest BCUT2D eigenvalue weighted by molar-refractivity contribution is -0.0258.